The maximum Gasteiger partial charge on any atom is 0.309 e. The van der Waals surface area contributed by atoms with Gasteiger partial charge in [-0.25, -0.2) is 0 Å². The first-order valence-corrected chi connectivity index (χ1v) is 10.8. The van der Waals surface area contributed by atoms with Gasteiger partial charge in [-0.3, -0.25) is 4.57 Å². The molecule has 0 heterocycles. The molecule has 0 aliphatic rings. The van der Waals surface area contributed by atoms with Crippen molar-refractivity contribution in [2.75, 3.05) is 6.61 Å². The fraction of sp³-hybridized carbons (Fsp3) is 0.143. The van der Waals surface area contributed by atoms with Crippen LogP contribution in [0.25, 0.3) is 0 Å². The maximum atomic E-state index is 13.8. The predicted molar refractivity (Wildman–Crippen MR) is 104 cm³/mol. The number of benzene rings is 3. The molecule has 0 amide bonds. The van der Waals surface area contributed by atoms with Gasteiger partial charge in [0.2, 0.25) is 0 Å². The van der Waals surface area contributed by atoms with Crippen LogP contribution in [0, 0.1) is 0 Å². The molecule has 128 valence electrons. The topological polar surface area (TPSA) is 26.3 Å². The van der Waals surface area contributed by atoms with Crippen LogP contribution in [0.5, 0.6) is 0 Å². The molecule has 2 nitrogen and oxygen atoms in total. The first kappa shape index (κ1) is 17.9. The lowest BCUT2D eigenvalue weighted by atomic mass is 9.84. The smallest absolute Gasteiger partial charge is 0.309 e. The zero-order valence-corrected chi connectivity index (χ0v) is 15.7. The Morgan fingerprint density at radius 3 is 1.36 bits per heavy atom. The molecule has 3 rings (SSSR count). The molecule has 25 heavy (non-hydrogen) atoms. The van der Waals surface area contributed by atoms with Crippen LogP contribution < -0.4 is 0 Å². The third kappa shape index (κ3) is 3.18. The van der Waals surface area contributed by atoms with E-state index in [1.54, 1.807) is 6.92 Å². The molecule has 0 aromatic heterocycles. The standard InChI is InChI=1S/C21H20ClO2P/c1-2-24-25(22,23)21(18-12-6-3-7-13-18,19-14-8-4-9-15-19)20-16-10-5-11-17-20/h3-17H,2H2,1H3. The van der Waals surface area contributed by atoms with Gasteiger partial charge in [-0.15, -0.1) is 0 Å². The number of hydrogen-bond donors (Lipinski definition) is 0. The monoisotopic (exact) mass is 370 g/mol. The molecule has 3 aromatic rings. The minimum absolute atomic E-state index is 0.273. The average molecular weight is 371 g/mol. The van der Waals surface area contributed by atoms with Crippen molar-refractivity contribution in [2.45, 2.75) is 12.1 Å². The van der Waals surface area contributed by atoms with E-state index >= 15 is 0 Å². The van der Waals surface area contributed by atoms with Gasteiger partial charge in [-0.05, 0) is 34.9 Å². The van der Waals surface area contributed by atoms with Crippen molar-refractivity contribution in [3.63, 3.8) is 0 Å². The Balaban J connectivity index is 2.43. The summed E-state index contributed by atoms with van der Waals surface area (Å²) in [4.78, 5) is 0. The number of halogens is 1. The molecule has 0 bridgehead atoms. The van der Waals surface area contributed by atoms with Crippen LogP contribution in [0.1, 0.15) is 23.6 Å². The molecule has 0 N–H and O–H groups in total. The summed E-state index contributed by atoms with van der Waals surface area (Å²) in [5.74, 6) is 0. The van der Waals surface area contributed by atoms with Crippen molar-refractivity contribution in [1.29, 1.82) is 0 Å². The summed E-state index contributed by atoms with van der Waals surface area (Å²) in [6.07, 6.45) is 0. The van der Waals surface area contributed by atoms with Gasteiger partial charge in [0.15, 0.2) is 0 Å². The highest BCUT2D eigenvalue weighted by Gasteiger charge is 2.52. The second kappa shape index (κ2) is 7.58. The Bertz CT molecular complexity index is 754. The summed E-state index contributed by atoms with van der Waals surface area (Å²) in [6.45, 7) is -1.55. The van der Waals surface area contributed by atoms with E-state index in [0.717, 1.165) is 16.7 Å². The van der Waals surface area contributed by atoms with Crippen LogP contribution >= 0.6 is 18.0 Å². The fourth-order valence-corrected chi connectivity index (χ4v) is 6.33. The van der Waals surface area contributed by atoms with Crippen LogP contribution in [-0.2, 0) is 14.2 Å². The molecule has 0 saturated carbocycles. The Morgan fingerprint density at radius 1 is 0.760 bits per heavy atom. The van der Waals surface area contributed by atoms with Crippen molar-refractivity contribution in [2.24, 2.45) is 0 Å². The van der Waals surface area contributed by atoms with E-state index in [9.17, 15) is 4.57 Å². The summed E-state index contributed by atoms with van der Waals surface area (Å²) in [7, 11) is 0. The van der Waals surface area contributed by atoms with Crippen LogP contribution in [0.2, 0.25) is 0 Å². The van der Waals surface area contributed by atoms with Crippen LogP contribution in [-0.4, -0.2) is 6.61 Å². The Hall–Kier alpha value is -1.86. The van der Waals surface area contributed by atoms with Crippen LogP contribution in [0.15, 0.2) is 91.0 Å². The van der Waals surface area contributed by atoms with E-state index in [2.05, 4.69) is 0 Å². The molecule has 1 atom stereocenters. The van der Waals surface area contributed by atoms with E-state index in [-0.39, 0.29) is 6.61 Å². The van der Waals surface area contributed by atoms with Crippen molar-refractivity contribution in [3.05, 3.63) is 108 Å². The summed E-state index contributed by atoms with van der Waals surface area (Å²) < 4.78 is 19.5. The molecule has 0 aliphatic heterocycles. The second-order valence-corrected chi connectivity index (χ2v) is 8.93. The van der Waals surface area contributed by atoms with Gasteiger partial charge in [0.25, 0.3) is 0 Å². The normalized spacial score (nSPS) is 14.0. The summed E-state index contributed by atoms with van der Waals surface area (Å²) in [5, 5.41) is -1.08. The van der Waals surface area contributed by atoms with E-state index in [1.807, 2.05) is 91.0 Å². The zero-order valence-electron chi connectivity index (χ0n) is 14.0. The highest BCUT2D eigenvalue weighted by molar-refractivity contribution is 7.86. The van der Waals surface area contributed by atoms with Gasteiger partial charge in [0.05, 0.1) is 6.61 Å². The molecule has 0 spiro atoms. The number of rotatable bonds is 6. The summed E-state index contributed by atoms with van der Waals surface area (Å²) in [5.41, 5.74) is 2.54. The molecule has 0 radical (unpaired) electrons. The third-order valence-corrected chi connectivity index (χ3v) is 7.49. The second-order valence-electron chi connectivity index (χ2n) is 5.71. The van der Waals surface area contributed by atoms with E-state index in [4.69, 9.17) is 15.8 Å². The summed E-state index contributed by atoms with van der Waals surface area (Å²) in [6, 6.07) is 29.1. The van der Waals surface area contributed by atoms with Crippen LogP contribution in [0.3, 0.4) is 0 Å². The molecular weight excluding hydrogens is 351 g/mol. The lowest BCUT2D eigenvalue weighted by Crippen LogP contribution is -2.28. The van der Waals surface area contributed by atoms with Gasteiger partial charge in [-0.2, -0.15) is 0 Å². The predicted octanol–water partition coefficient (Wildman–Crippen LogP) is 6.45. The molecule has 0 saturated heterocycles. The van der Waals surface area contributed by atoms with E-state index in [1.165, 1.54) is 0 Å². The van der Waals surface area contributed by atoms with Crippen molar-refractivity contribution in [3.8, 4) is 0 Å². The maximum absolute atomic E-state index is 13.8. The Morgan fingerprint density at radius 2 is 1.08 bits per heavy atom. The van der Waals surface area contributed by atoms with Gasteiger partial charge < -0.3 is 4.52 Å². The number of hydrogen-bond acceptors (Lipinski definition) is 2. The molecule has 0 aliphatic carbocycles. The third-order valence-electron chi connectivity index (χ3n) is 4.27. The highest BCUT2D eigenvalue weighted by atomic mass is 35.7. The van der Waals surface area contributed by atoms with Crippen LogP contribution in [0.4, 0.5) is 0 Å². The minimum atomic E-state index is -3.63. The Labute approximate surface area is 153 Å². The van der Waals surface area contributed by atoms with Gasteiger partial charge in [0, 0.05) is 0 Å². The molecular formula is C21H20ClO2P. The largest absolute Gasteiger partial charge is 0.317 e. The SMILES string of the molecule is CCOP(=O)(Cl)C(c1ccccc1)(c1ccccc1)c1ccccc1. The van der Waals surface area contributed by atoms with Crippen molar-refractivity contribution >= 4 is 18.0 Å². The van der Waals surface area contributed by atoms with Gasteiger partial charge >= 0.3 is 6.72 Å². The zero-order chi connectivity index (χ0) is 17.8. The summed E-state index contributed by atoms with van der Waals surface area (Å²) >= 11 is 6.70. The molecule has 0 fully saturated rings. The fourth-order valence-electron chi connectivity index (χ4n) is 3.26. The van der Waals surface area contributed by atoms with E-state index < -0.39 is 11.9 Å². The lowest BCUT2D eigenvalue weighted by Gasteiger charge is -2.38. The average Bonchev–Trinajstić information content (AvgIpc) is 2.65. The first-order valence-electron chi connectivity index (χ1n) is 8.24. The van der Waals surface area contributed by atoms with Crippen molar-refractivity contribution < 1.29 is 9.09 Å². The highest BCUT2D eigenvalue weighted by Crippen LogP contribution is 2.73. The quantitative estimate of drug-likeness (QED) is 0.368. The van der Waals surface area contributed by atoms with E-state index in [0.29, 0.717) is 0 Å². The Kier molecular flexibility index (Phi) is 5.44. The molecule has 3 aromatic carbocycles. The van der Waals surface area contributed by atoms with Gasteiger partial charge in [-0.1, -0.05) is 91.0 Å². The first-order chi connectivity index (χ1) is 12.1. The minimum Gasteiger partial charge on any atom is -0.317 e. The molecule has 1 unspecified atom stereocenters. The van der Waals surface area contributed by atoms with Crippen molar-refractivity contribution in [1.82, 2.24) is 0 Å². The van der Waals surface area contributed by atoms with Gasteiger partial charge in [0.1, 0.15) is 5.16 Å². The molecule has 4 heteroatoms. The lowest BCUT2D eigenvalue weighted by molar-refractivity contribution is 0.333.